The Balaban J connectivity index is 2.27. The van der Waals surface area contributed by atoms with Crippen LogP contribution in [0.5, 0.6) is 11.5 Å². The number of hydrogen-bond donors (Lipinski definition) is 2. The first-order valence-corrected chi connectivity index (χ1v) is 6.88. The second-order valence-corrected chi connectivity index (χ2v) is 4.82. The Morgan fingerprint density at radius 2 is 2.00 bits per heavy atom. The Kier molecular flexibility index (Phi) is 3.99. The maximum Gasteiger partial charge on any atom is 0.193 e. The summed E-state index contributed by atoms with van der Waals surface area (Å²) in [4.78, 5) is 15.5. The van der Waals surface area contributed by atoms with Crippen LogP contribution >= 0.6 is 0 Å². The van der Waals surface area contributed by atoms with Crippen LogP contribution in [0.4, 0.5) is 4.39 Å². The highest BCUT2D eigenvalue weighted by Gasteiger charge is 2.15. The van der Waals surface area contributed by atoms with Crippen LogP contribution in [0.3, 0.4) is 0 Å². The molecule has 6 heteroatoms. The third-order valence-corrected chi connectivity index (χ3v) is 3.50. The third-order valence-electron chi connectivity index (χ3n) is 3.50. The molecule has 1 heterocycles. The summed E-state index contributed by atoms with van der Waals surface area (Å²) in [5, 5.41) is 9.18. The average molecular weight is 315 g/mol. The first-order valence-electron chi connectivity index (χ1n) is 6.88. The largest absolute Gasteiger partial charge is 0.492 e. The van der Waals surface area contributed by atoms with Crippen LogP contribution < -0.4 is 14.9 Å². The number of aromatic amines is 1. The first kappa shape index (κ1) is 15.1. The van der Waals surface area contributed by atoms with Crippen LogP contribution in [0.15, 0.2) is 47.3 Å². The van der Waals surface area contributed by atoms with Crippen molar-refractivity contribution in [3.63, 3.8) is 0 Å². The number of methoxy groups -OCH3 is 1. The normalized spacial score (nSPS) is 10.7. The van der Waals surface area contributed by atoms with Gasteiger partial charge in [-0.15, -0.1) is 0 Å². The maximum absolute atomic E-state index is 13.9. The molecule has 0 unspecified atom stereocenters. The third kappa shape index (κ3) is 2.64. The molecule has 2 aromatic carbocycles. The highest BCUT2D eigenvalue weighted by atomic mass is 19.1. The van der Waals surface area contributed by atoms with Crippen LogP contribution in [0.2, 0.25) is 0 Å². The lowest BCUT2D eigenvalue weighted by molar-refractivity contribution is 0.0957. The van der Waals surface area contributed by atoms with Gasteiger partial charge in [0.2, 0.25) is 0 Å². The maximum atomic E-state index is 13.9. The minimum Gasteiger partial charge on any atom is -0.492 e. The van der Waals surface area contributed by atoms with Gasteiger partial charge in [-0.3, -0.25) is 4.79 Å². The predicted octanol–water partition coefficient (Wildman–Crippen LogP) is 2.67. The van der Waals surface area contributed by atoms with Gasteiger partial charge in [0, 0.05) is 11.6 Å². The van der Waals surface area contributed by atoms with E-state index in [9.17, 15) is 9.18 Å². The van der Waals surface area contributed by atoms with Gasteiger partial charge in [0.1, 0.15) is 5.82 Å². The molecule has 0 fully saturated rings. The molecule has 0 aliphatic rings. The van der Waals surface area contributed by atoms with Gasteiger partial charge in [-0.2, -0.15) is 0 Å². The average Bonchev–Trinajstić information content (AvgIpc) is 2.55. The molecule has 0 radical (unpaired) electrons. The fourth-order valence-electron chi connectivity index (χ4n) is 2.51. The molecular weight excluding hydrogens is 301 g/mol. The van der Waals surface area contributed by atoms with Gasteiger partial charge >= 0.3 is 0 Å². The number of aromatic nitrogens is 1. The van der Waals surface area contributed by atoms with Crippen LogP contribution in [0.25, 0.3) is 22.2 Å². The molecule has 23 heavy (non-hydrogen) atoms. The summed E-state index contributed by atoms with van der Waals surface area (Å²) in [5.41, 5.74) is 0.828. The fraction of sp³-hybridized carbons (Fsp3) is 0.118. The Labute approximate surface area is 130 Å². The van der Waals surface area contributed by atoms with Crippen LogP contribution in [0.1, 0.15) is 0 Å². The van der Waals surface area contributed by atoms with Crippen molar-refractivity contribution in [3.8, 4) is 22.8 Å². The molecule has 3 aromatic rings. The molecule has 0 saturated heterocycles. The lowest BCUT2D eigenvalue weighted by atomic mass is 10.1. The zero-order chi connectivity index (χ0) is 16.4. The zero-order valence-corrected chi connectivity index (χ0v) is 12.3. The number of aliphatic hydroxyl groups is 1. The fourth-order valence-corrected chi connectivity index (χ4v) is 2.51. The quantitative estimate of drug-likeness (QED) is 0.726. The molecule has 2 N–H and O–H groups in total. The van der Waals surface area contributed by atoms with Crippen LogP contribution in [0, 0.1) is 5.82 Å². The number of hydrogen-bond acceptors (Lipinski definition) is 4. The highest BCUT2D eigenvalue weighted by Crippen LogP contribution is 2.34. The van der Waals surface area contributed by atoms with E-state index < -0.39 is 12.6 Å². The van der Waals surface area contributed by atoms with E-state index in [4.69, 9.17) is 14.6 Å². The van der Waals surface area contributed by atoms with Gasteiger partial charge in [0.15, 0.2) is 23.7 Å². The molecule has 0 aliphatic heterocycles. The van der Waals surface area contributed by atoms with Crippen LogP contribution in [-0.2, 0) is 0 Å². The second-order valence-electron chi connectivity index (χ2n) is 4.82. The number of ether oxygens (including phenoxy) is 2. The highest BCUT2D eigenvalue weighted by molar-refractivity contribution is 5.89. The zero-order valence-electron chi connectivity index (χ0n) is 12.3. The molecule has 0 spiro atoms. The van der Waals surface area contributed by atoms with Crippen molar-refractivity contribution >= 4 is 10.9 Å². The monoisotopic (exact) mass is 315 g/mol. The van der Waals surface area contributed by atoms with E-state index in [1.807, 2.05) is 0 Å². The number of aliphatic hydroxyl groups excluding tert-OH is 1. The summed E-state index contributed by atoms with van der Waals surface area (Å²) in [7, 11) is 1.41. The van der Waals surface area contributed by atoms with E-state index in [2.05, 4.69) is 4.98 Å². The molecule has 0 bridgehead atoms. The number of H-pyrrole nitrogens is 1. The number of fused-ring (bicyclic) bond motifs is 1. The van der Waals surface area contributed by atoms with E-state index in [1.165, 1.54) is 19.2 Å². The minimum absolute atomic E-state index is 0.220. The van der Waals surface area contributed by atoms with Crippen molar-refractivity contribution in [2.24, 2.45) is 0 Å². The van der Waals surface area contributed by atoms with Gasteiger partial charge in [-0.1, -0.05) is 12.1 Å². The van der Waals surface area contributed by atoms with Crippen molar-refractivity contribution in [1.29, 1.82) is 0 Å². The molecule has 0 aliphatic carbocycles. The molecule has 0 amide bonds. The lowest BCUT2D eigenvalue weighted by Gasteiger charge is -2.12. The second kappa shape index (κ2) is 6.10. The standard InChI is InChI=1S/C17H14FNO4/c1-22-17-15(23-9-20)7-6-12-16(17)14(21)8-13(19-12)10-4-2-3-5-11(10)18/h2-8,20H,9H2,1H3,(H,19,21). The smallest absolute Gasteiger partial charge is 0.193 e. The minimum atomic E-state index is -0.535. The Morgan fingerprint density at radius 3 is 2.70 bits per heavy atom. The van der Waals surface area contributed by atoms with Gasteiger partial charge in [0.25, 0.3) is 0 Å². The van der Waals surface area contributed by atoms with Crippen molar-refractivity contribution in [2.45, 2.75) is 0 Å². The number of benzene rings is 2. The molecular formula is C17H14FNO4. The van der Waals surface area contributed by atoms with Crippen molar-refractivity contribution in [2.75, 3.05) is 13.9 Å². The van der Waals surface area contributed by atoms with E-state index in [1.54, 1.807) is 30.3 Å². The van der Waals surface area contributed by atoms with E-state index in [0.29, 0.717) is 16.8 Å². The molecule has 118 valence electrons. The van der Waals surface area contributed by atoms with Crippen molar-refractivity contribution in [3.05, 3.63) is 58.5 Å². The van der Waals surface area contributed by atoms with E-state index in [0.717, 1.165) is 0 Å². The van der Waals surface area contributed by atoms with Gasteiger partial charge in [0.05, 0.1) is 23.7 Å². The first-order chi connectivity index (χ1) is 11.2. The number of pyridine rings is 1. The Hall–Kier alpha value is -2.86. The summed E-state index contributed by atoms with van der Waals surface area (Å²) in [6.07, 6.45) is 0. The van der Waals surface area contributed by atoms with Gasteiger partial charge in [-0.25, -0.2) is 4.39 Å². The lowest BCUT2D eigenvalue weighted by Crippen LogP contribution is -2.07. The summed E-state index contributed by atoms with van der Waals surface area (Å²) >= 11 is 0. The summed E-state index contributed by atoms with van der Waals surface area (Å²) < 4.78 is 24.2. The number of halogens is 1. The Morgan fingerprint density at radius 1 is 1.22 bits per heavy atom. The predicted molar refractivity (Wildman–Crippen MR) is 84.2 cm³/mol. The Bertz CT molecular complexity index is 920. The number of nitrogens with one attached hydrogen (secondary N) is 1. The van der Waals surface area contributed by atoms with E-state index >= 15 is 0 Å². The van der Waals surface area contributed by atoms with Gasteiger partial charge in [-0.05, 0) is 24.3 Å². The molecule has 0 atom stereocenters. The molecule has 5 nitrogen and oxygen atoms in total. The van der Waals surface area contributed by atoms with E-state index in [-0.39, 0.29) is 22.3 Å². The summed E-state index contributed by atoms with van der Waals surface area (Å²) in [6.45, 7) is -0.535. The summed E-state index contributed by atoms with van der Waals surface area (Å²) in [5.74, 6) is 0.0548. The molecule has 1 aromatic heterocycles. The molecule has 0 saturated carbocycles. The summed E-state index contributed by atoms with van der Waals surface area (Å²) in [6, 6.07) is 10.7. The van der Waals surface area contributed by atoms with Crippen molar-refractivity contribution in [1.82, 2.24) is 4.98 Å². The van der Waals surface area contributed by atoms with Crippen LogP contribution in [-0.4, -0.2) is 24.0 Å². The number of rotatable bonds is 4. The van der Waals surface area contributed by atoms with Gasteiger partial charge < -0.3 is 19.6 Å². The molecule has 3 rings (SSSR count). The van der Waals surface area contributed by atoms with Crippen molar-refractivity contribution < 1.29 is 19.0 Å². The SMILES string of the molecule is COc1c(OCO)ccc2[nH]c(-c3ccccc3F)cc(=O)c12. The topological polar surface area (TPSA) is 71.5 Å².